The van der Waals surface area contributed by atoms with E-state index in [1.165, 1.54) is 57.8 Å². The highest BCUT2D eigenvalue weighted by atomic mass is 79.9. The van der Waals surface area contributed by atoms with Gasteiger partial charge in [0.1, 0.15) is 6.61 Å². The van der Waals surface area contributed by atoms with E-state index >= 15 is 0 Å². The lowest BCUT2D eigenvalue weighted by molar-refractivity contribution is 0.148. The number of benzene rings is 2. The molecule has 212 valence electrons. The van der Waals surface area contributed by atoms with Crippen LogP contribution in [0.2, 0.25) is 0 Å². The fourth-order valence-corrected chi connectivity index (χ4v) is 5.26. The van der Waals surface area contributed by atoms with Crippen molar-refractivity contribution >= 4 is 27.7 Å². The van der Waals surface area contributed by atoms with Gasteiger partial charge in [-0.2, -0.15) is 0 Å². The van der Waals surface area contributed by atoms with Crippen LogP contribution in [-0.2, 0) is 4.74 Å². The van der Waals surface area contributed by atoms with Crippen molar-refractivity contribution in [3.63, 3.8) is 0 Å². The van der Waals surface area contributed by atoms with Gasteiger partial charge in [-0.05, 0) is 47.9 Å². The predicted molar refractivity (Wildman–Crippen MR) is 167 cm³/mol. The SMILES string of the molecule is CC(C)c1cccc(C(C)C)c1NC(=O)OCC(NCCCCCCCCCCCCBr)c1ccccc1. The van der Waals surface area contributed by atoms with E-state index in [1.54, 1.807) is 0 Å². The number of amides is 1. The molecule has 0 bridgehead atoms. The average Bonchev–Trinajstić information content (AvgIpc) is 2.91. The summed E-state index contributed by atoms with van der Waals surface area (Å²) < 4.78 is 5.77. The van der Waals surface area contributed by atoms with Crippen LogP contribution < -0.4 is 10.6 Å². The number of para-hydroxylation sites is 1. The molecule has 1 atom stereocenters. The van der Waals surface area contributed by atoms with Gasteiger partial charge in [-0.1, -0.05) is 144 Å². The molecule has 0 aliphatic rings. The monoisotopic (exact) mass is 586 g/mol. The van der Waals surface area contributed by atoms with Crippen LogP contribution >= 0.6 is 15.9 Å². The van der Waals surface area contributed by atoms with Gasteiger partial charge in [-0.3, -0.25) is 5.32 Å². The molecule has 5 heteroatoms. The highest BCUT2D eigenvalue weighted by Gasteiger charge is 2.18. The van der Waals surface area contributed by atoms with E-state index < -0.39 is 6.09 Å². The number of anilines is 1. The zero-order chi connectivity index (χ0) is 27.6. The van der Waals surface area contributed by atoms with Crippen LogP contribution in [0.5, 0.6) is 0 Å². The number of hydrogen-bond donors (Lipinski definition) is 2. The Morgan fingerprint density at radius 3 is 1.79 bits per heavy atom. The van der Waals surface area contributed by atoms with E-state index in [0.29, 0.717) is 18.4 Å². The summed E-state index contributed by atoms with van der Waals surface area (Å²) in [5.41, 5.74) is 4.32. The van der Waals surface area contributed by atoms with E-state index in [1.807, 2.05) is 18.2 Å². The maximum Gasteiger partial charge on any atom is 0.411 e. The molecule has 0 radical (unpaired) electrons. The molecule has 0 aliphatic heterocycles. The second-order valence-electron chi connectivity index (χ2n) is 11.0. The first-order valence-electron chi connectivity index (χ1n) is 14.8. The van der Waals surface area contributed by atoms with Gasteiger partial charge in [0.2, 0.25) is 0 Å². The van der Waals surface area contributed by atoms with Crippen molar-refractivity contribution in [3.8, 4) is 0 Å². The Balaban J connectivity index is 1.80. The molecule has 0 aromatic heterocycles. The number of halogens is 1. The molecule has 0 spiro atoms. The molecule has 4 nitrogen and oxygen atoms in total. The minimum absolute atomic E-state index is 0.0219. The van der Waals surface area contributed by atoms with Crippen LogP contribution in [0, 0.1) is 0 Å². The molecule has 2 rings (SSSR count). The average molecular weight is 588 g/mol. The quantitative estimate of drug-likeness (QED) is 0.127. The zero-order valence-electron chi connectivity index (χ0n) is 24.2. The van der Waals surface area contributed by atoms with Gasteiger partial charge in [0.25, 0.3) is 0 Å². The molecular weight excluding hydrogens is 536 g/mol. The second kappa shape index (κ2) is 19.2. The fourth-order valence-electron chi connectivity index (χ4n) is 4.86. The Kier molecular flexibility index (Phi) is 16.4. The van der Waals surface area contributed by atoms with Crippen LogP contribution in [0.15, 0.2) is 48.5 Å². The van der Waals surface area contributed by atoms with Crippen LogP contribution in [0.3, 0.4) is 0 Å². The van der Waals surface area contributed by atoms with Crippen LogP contribution in [0.4, 0.5) is 10.5 Å². The number of carbonyl (C=O) groups excluding carboxylic acids is 1. The summed E-state index contributed by atoms with van der Waals surface area (Å²) in [6.07, 6.45) is 12.8. The van der Waals surface area contributed by atoms with Crippen molar-refractivity contribution in [1.82, 2.24) is 5.32 Å². The first kappa shape index (κ1) is 32.4. The first-order chi connectivity index (χ1) is 18.4. The third-order valence-corrected chi connectivity index (χ3v) is 7.69. The van der Waals surface area contributed by atoms with Gasteiger partial charge in [-0.15, -0.1) is 0 Å². The summed E-state index contributed by atoms with van der Waals surface area (Å²) in [6, 6.07) is 16.5. The standard InChI is InChI=1S/C33H51BrN2O2/c1-26(2)29-21-18-22-30(27(3)4)32(29)36-33(37)38-25-31(28-19-14-13-15-20-28)35-24-17-12-10-8-6-5-7-9-11-16-23-34/h13-15,18-22,26-27,31,35H,5-12,16-17,23-25H2,1-4H3,(H,36,37). The number of ether oxygens (including phenoxy) is 1. The Morgan fingerprint density at radius 1 is 0.737 bits per heavy atom. The van der Waals surface area contributed by atoms with Crippen molar-refractivity contribution < 1.29 is 9.53 Å². The summed E-state index contributed by atoms with van der Waals surface area (Å²) in [4.78, 5) is 12.9. The van der Waals surface area contributed by atoms with Gasteiger partial charge in [0, 0.05) is 5.33 Å². The van der Waals surface area contributed by atoms with Crippen molar-refractivity contribution in [2.75, 3.05) is 23.8 Å². The summed E-state index contributed by atoms with van der Waals surface area (Å²) in [6.45, 7) is 9.82. The van der Waals surface area contributed by atoms with Crippen LogP contribution in [0.25, 0.3) is 0 Å². The van der Waals surface area contributed by atoms with Gasteiger partial charge in [-0.25, -0.2) is 4.79 Å². The minimum atomic E-state index is -0.394. The first-order valence-corrected chi connectivity index (χ1v) is 16.0. The van der Waals surface area contributed by atoms with Crippen LogP contribution in [0.1, 0.15) is 126 Å². The molecule has 38 heavy (non-hydrogen) atoms. The number of unbranched alkanes of at least 4 members (excludes halogenated alkanes) is 9. The Hall–Kier alpha value is -1.85. The smallest absolute Gasteiger partial charge is 0.411 e. The molecular formula is C33H51BrN2O2. The molecule has 2 aromatic carbocycles. The summed E-state index contributed by atoms with van der Waals surface area (Å²) in [7, 11) is 0. The largest absolute Gasteiger partial charge is 0.447 e. The third kappa shape index (κ3) is 12.3. The maximum absolute atomic E-state index is 12.9. The van der Waals surface area contributed by atoms with Crippen molar-refractivity contribution in [3.05, 3.63) is 65.2 Å². The third-order valence-electron chi connectivity index (χ3n) is 7.13. The fraction of sp³-hybridized carbons (Fsp3) is 0.606. The summed E-state index contributed by atoms with van der Waals surface area (Å²) >= 11 is 3.51. The van der Waals surface area contributed by atoms with Crippen molar-refractivity contribution in [2.45, 2.75) is 110 Å². The van der Waals surface area contributed by atoms with E-state index in [4.69, 9.17) is 4.74 Å². The highest BCUT2D eigenvalue weighted by molar-refractivity contribution is 9.09. The molecule has 2 aromatic rings. The minimum Gasteiger partial charge on any atom is -0.447 e. The lowest BCUT2D eigenvalue weighted by Gasteiger charge is -2.22. The Labute approximate surface area is 240 Å². The lowest BCUT2D eigenvalue weighted by Crippen LogP contribution is -2.29. The zero-order valence-corrected chi connectivity index (χ0v) is 25.8. The molecule has 0 fully saturated rings. The van der Waals surface area contributed by atoms with E-state index in [9.17, 15) is 4.79 Å². The number of rotatable bonds is 19. The van der Waals surface area contributed by atoms with Crippen LogP contribution in [-0.4, -0.2) is 24.6 Å². The van der Waals surface area contributed by atoms with E-state index in [0.717, 1.165) is 40.7 Å². The van der Waals surface area contributed by atoms with E-state index in [2.05, 4.69) is 84.6 Å². The summed E-state index contributed by atoms with van der Waals surface area (Å²) in [5, 5.41) is 7.85. The summed E-state index contributed by atoms with van der Waals surface area (Å²) in [5.74, 6) is 0.624. The van der Waals surface area contributed by atoms with Gasteiger partial charge >= 0.3 is 6.09 Å². The molecule has 1 amide bonds. The van der Waals surface area contributed by atoms with Crippen molar-refractivity contribution in [2.24, 2.45) is 0 Å². The number of nitrogens with one attached hydrogen (secondary N) is 2. The van der Waals surface area contributed by atoms with Gasteiger partial charge in [0.15, 0.2) is 0 Å². The molecule has 1 unspecified atom stereocenters. The molecule has 0 aliphatic carbocycles. The second-order valence-corrected chi connectivity index (χ2v) is 11.8. The van der Waals surface area contributed by atoms with E-state index in [-0.39, 0.29) is 6.04 Å². The molecule has 0 saturated carbocycles. The molecule has 0 saturated heterocycles. The predicted octanol–water partition coefficient (Wildman–Crippen LogP) is 10.1. The lowest BCUT2D eigenvalue weighted by atomic mass is 9.93. The van der Waals surface area contributed by atoms with Gasteiger partial charge < -0.3 is 10.1 Å². The maximum atomic E-state index is 12.9. The Morgan fingerprint density at radius 2 is 1.26 bits per heavy atom. The van der Waals surface area contributed by atoms with Gasteiger partial charge in [0.05, 0.1) is 11.7 Å². The number of alkyl halides is 1. The molecule has 0 heterocycles. The topological polar surface area (TPSA) is 50.4 Å². The number of hydrogen-bond acceptors (Lipinski definition) is 3. The highest BCUT2D eigenvalue weighted by Crippen LogP contribution is 2.32. The molecule has 2 N–H and O–H groups in total. The number of carbonyl (C=O) groups is 1. The van der Waals surface area contributed by atoms with Crippen molar-refractivity contribution in [1.29, 1.82) is 0 Å². The normalized spacial score (nSPS) is 12.2. The Bertz CT molecular complexity index is 875.